The smallest absolute Gasteiger partial charge is 0.0746 e. The Morgan fingerprint density at radius 1 is 1.35 bits per heavy atom. The van der Waals surface area contributed by atoms with E-state index in [4.69, 9.17) is 0 Å². The first-order valence-electron chi connectivity index (χ1n) is 8.10. The summed E-state index contributed by atoms with van der Waals surface area (Å²) < 4.78 is 0. The van der Waals surface area contributed by atoms with E-state index in [1.165, 1.54) is 18.4 Å². The molecule has 0 aromatic heterocycles. The van der Waals surface area contributed by atoms with Gasteiger partial charge in [-0.25, -0.2) is 0 Å². The maximum Gasteiger partial charge on any atom is 0.0746 e. The number of aliphatic hydroxyl groups is 1. The summed E-state index contributed by atoms with van der Waals surface area (Å²) in [6.07, 6.45) is 5.54. The van der Waals surface area contributed by atoms with E-state index < -0.39 is 5.60 Å². The molecule has 1 fully saturated rings. The molecule has 0 aromatic rings. The zero-order chi connectivity index (χ0) is 15.2. The van der Waals surface area contributed by atoms with Crippen LogP contribution in [0.3, 0.4) is 0 Å². The Hall–Kier alpha value is -0.380. The molecule has 0 radical (unpaired) electrons. The van der Waals surface area contributed by atoms with Crippen LogP contribution in [0.15, 0.2) is 11.6 Å². The Balaban J connectivity index is 2.24. The number of rotatable bonds is 7. The van der Waals surface area contributed by atoms with Gasteiger partial charge in [-0.1, -0.05) is 25.5 Å². The highest BCUT2D eigenvalue weighted by molar-refractivity contribution is 4.95. The van der Waals surface area contributed by atoms with Gasteiger partial charge in [-0.2, -0.15) is 0 Å². The van der Waals surface area contributed by atoms with Gasteiger partial charge >= 0.3 is 0 Å². The summed E-state index contributed by atoms with van der Waals surface area (Å²) in [6.45, 7) is 14.7. The molecule has 0 aliphatic carbocycles. The second-order valence-corrected chi connectivity index (χ2v) is 7.33. The molecule has 1 aliphatic heterocycles. The summed E-state index contributed by atoms with van der Waals surface area (Å²) >= 11 is 0. The quantitative estimate of drug-likeness (QED) is 0.705. The van der Waals surface area contributed by atoms with Gasteiger partial charge in [-0.15, -0.1) is 0 Å². The van der Waals surface area contributed by atoms with Crippen LogP contribution < -0.4 is 5.32 Å². The van der Waals surface area contributed by atoms with Gasteiger partial charge < -0.3 is 10.4 Å². The normalized spacial score (nSPS) is 20.9. The first kappa shape index (κ1) is 17.7. The molecule has 3 heteroatoms. The zero-order valence-corrected chi connectivity index (χ0v) is 14.1. The predicted molar refractivity (Wildman–Crippen MR) is 87.0 cm³/mol. The summed E-state index contributed by atoms with van der Waals surface area (Å²) in [4.78, 5) is 2.51. The Labute approximate surface area is 125 Å². The van der Waals surface area contributed by atoms with Crippen molar-refractivity contribution in [2.45, 2.75) is 65.5 Å². The molecule has 1 heterocycles. The largest absolute Gasteiger partial charge is 0.389 e. The molecule has 1 aliphatic rings. The lowest BCUT2D eigenvalue weighted by Gasteiger charge is -2.34. The van der Waals surface area contributed by atoms with Crippen molar-refractivity contribution < 1.29 is 5.11 Å². The van der Waals surface area contributed by atoms with E-state index in [1.54, 1.807) is 0 Å². The summed E-state index contributed by atoms with van der Waals surface area (Å²) in [6, 6.07) is 0.566. The Bertz CT molecular complexity index is 298. The summed E-state index contributed by atoms with van der Waals surface area (Å²) in [5.74, 6) is 0.540. The van der Waals surface area contributed by atoms with Crippen LogP contribution in [0.25, 0.3) is 0 Å². The number of hydrogen-bond acceptors (Lipinski definition) is 3. The van der Waals surface area contributed by atoms with Gasteiger partial charge in [0.15, 0.2) is 0 Å². The fourth-order valence-electron chi connectivity index (χ4n) is 2.95. The van der Waals surface area contributed by atoms with E-state index >= 15 is 0 Å². The van der Waals surface area contributed by atoms with Crippen molar-refractivity contribution in [1.82, 2.24) is 10.2 Å². The molecule has 1 unspecified atom stereocenters. The van der Waals surface area contributed by atoms with Gasteiger partial charge in [0.2, 0.25) is 0 Å². The van der Waals surface area contributed by atoms with Crippen LogP contribution >= 0.6 is 0 Å². The lowest BCUT2D eigenvalue weighted by atomic mass is 9.93. The summed E-state index contributed by atoms with van der Waals surface area (Å²) in [5, 5.41) is 13.9. The topological polar surface area (TPSA) is 35.5 Å². The van der Waals surface area contributed by atoms with Gasteiger partial charge in [-0.05, 0) is 59.0 Å². The molecule has 0 aromatic carbocycles. The predicted octanol–water partition coefficient (Wildman–Crippen LogP) is 2.80. The van der Waals surface area contributed by atoms with E-state index in [2.05, 4.69) is 44.0 Å². The van der Waals surface area contributed by atoms with Crippen molar-refractivity contribution in [3.05, 3.63) is 11.6 Å². The maximum absolute atomic E-state index is 10.3. The average Bonchev–Trinajstić information content (AvgIpc) is 2.33. The molecule has 0 amide bonds. The molecule has 3 nitrogen and oxygen atoms in total. The van der Waals surface area contributed by atoms with Crippen molar-refractivity contribution in [1.29, 1.82) is 0 Å². The van der Waals surface area contributed by atoms with Crippen molar-refractivity contribution in [3.8, 4) is 0 Å². The van der Waals surface area contributed by atoms with Crippen molar-refractivity contribution in [2.24, 2.45) is 5.92 Å². The van der Waals surface area contributed by atoms with Gasteiger partial charge in [0.1, 0.15) is 0 Å². The lowest BCUT2D eigenvalue weighted by molar-refractivity contribution is 0.0333. The first-order chi connectivity index (χ1) is 9.28. The van der Waals surface area contributed by atoms with Crippen molar-refractivity contribution >= 4 is 0 Å². The lowest BCUT2D eigenvalue weighted by Crippen LogP contribution is -2.48. The van der Waals surface area contributed by atoms with Crippen LogP contribution in [0.1, 0.15) is 53.9 Å². The van der Waals surface area contributed by atoms with Crippen LogP contribution in [0, 0.1) is 5.92 Å². The third-order valence-electron chi connectivity index (χ3n) is 3.96. The van der Waals surface area contributed by atoms with Crippen LogP contribution in [-0.4, -0.2) is 47.8 Å². The zero-order valence-electron chi connectivity index (χ0n) is 14.1. The fourth-order valence-corrected chi connectivity index (χ4v) is 2.95. The molecular weight excluding hydrogens is 248 g/mol. The molecule has 2 N–H and O–H groups in total. The standard InChI is InChI=1S/C17H34N2O/c1-14(2)6-9-19-10-7-16(8-11-19)18-13-17(5,20)12-15(3)4/h6,15-16,18,20H,7-13H2,1-5H3. The highest BCUT2D eigenvalue weighted by atomic mass is 16.3. The van der Waals surface area contributed by atoms with E-state index in [0.717, 1.165) is 26.1 Å². The van der Waals surface area contributed by atoms with Gasteiger partial charge in [-0.3, -0.25) is 4.90 Å². The Morgan fingerprint density at radius 3 is 2.45 bits per heavy atom. The summed E-state index contributed by atoms with van der Waals surface area (Å²) in [7, 11) is 0. The average molecular weight is 282 g/mol. The number of nitrogens with zero attached hydrogens (tertiary/aromatic N) is 1. The Morgan fingerprint density at radius 2 is 1.95 bits per heavy atom. The molecule has 0 bridgehead atoms. The Kier molecular flexibility index (Phi) is 7.21. The minimum absolute atomic E-state index is 0.540. The van der Waals surface area contributed by atoms with E-state index in [9.17, 15) is 5.11 Å². The molecule has 1 rings (SSSR count). The third-order valence-corrected chi connectivity index (χ3v) is 3.96. The molecule has 0 spiro atoms. The van der Waals surface area contributed by atoms with Crippen LogP contribution in [0.4, 0.5) is 0 Å². The maximum atomic E-state index is 10.3. The summed E-state index contributed by atoms with van der Waals surface area (Å²) in [5.41, 5.74) is 0.822. The van der Waals surface area contributed by atoms with Crippen molar-refractivity contribution in [2.75, 3.05) is 26.2 Å². The minimum atomic E-state index is -0.576. The van der Waals surface area contributed by atoms with E-state index in [-0.39, 0.29) is 0 Å². The van der Waals surface area contributed by atoms with E-state index in [1.807, 2.05) is 6.92 Å². The number of nitrogens with one attached hydrogen (secondary N) is 1. The first-order valence-corrected chi connectivity index (χ1v) is 8.10. The molecule has 1 saturated heterocycles. The molecule has 20 heavy (non-hydrogen) atoms. The number of likely N-dealkylation sites (tertiary alicyclic amines) is 1. The van der Waals surface area contributed by atoms with Gasteiger partial charge in [0.25, 0.3) is 0 Å². The second kappa shape index (κ2) is 8.16. The highest BCUT2D eigenvalue weighted by Gasteiger charge is 2.24. The monoisotopic (exact) mass is 282 g/mol. The van der Waals surface area contributed by atoms with Gasteiger partial charge in [0.05, 0.1) is 5.60 Å². The van der Waals surface area contributed by atoms with Gasteiger partial charge in [0, 0.05) is 19.1 Å². The van der Waals surface area contributed by atoms with Crippen LogP contribution in [0.5, 0.6) is 0 Å². The van der Waals surface area contributed by atoms with Crippen LogP contribution in [0.2, 0.25) is 0 Å². The third kappa shape index (κ3) is 7.41. The number of hydrogen-bond donors (Lipinski definition) is 2. The molecular formula is C17H34N2O. The van der Waals surface area contributed by atoms with Crippen LogP contribution in [-0.2, 0) is 0 Å². The van der Waals surface area contributed by atoms with E-state index in [0.29, 0.717) is 18.5 Å². The highest BCUT2D eigenvalue weighted by Crippen LogP contribution is 2.17. The molecule has 118 valence electrons. The minimum Gasteiger partial charge on any atom is -0.389 e. The SMILES string of the molecule is CC(C)=CCN1CCC(NCC(C)(O)CC(C)C)CC1. The molecule has 0 saturated carbocycles. The van der Waals surface area contributed by atoms with Crippen molar-refractivity contribution in [3.63, 3.8) is 0 Å². The number of allylic oxidation sites excluding steroid dienone is 1. The fraction of sp³-hybridized carbons (Fsp3) is 0.882. The molecule has 1 atom stereocenters. The number of piperidine rings is 1. The second-order valence-electron chi connectivity index (χ2n) is 7.33.